The monoisotopic (exact) mass is 889 g/mol. The van der Waals surface area contributed by atoms with Gasteiger partial charge in [0.15, 0.2) is 5.82 Å². The molecule has 5 heteroatoms. The number of nitrogens with zero attached hydrogens (tertiary/aromatic N) is 5. The fourth-order valence-electron chi connectivity index (χ4n) is 11.4. The van der Waals surface area contributed by atoms with Crippen LogP contribution in [0.3, 0.4) is 0 Å². The molecule has 332 valence electrons. The van der Waals surface area contributed by atoms with Crippen molar-refractivity contribution in [1.29, 1.82) is 0 Å². The number of para-hydroxylation sites is 1. The van der Waals surface area contributed by atoms with Gasteiger partial charge in [0.1, 0.15) is 12.7 Å². The highest BCUT2D eigenvalue weighted by Crippen LogP contribution is 2.60. The Morgan fingerprint density at radius 2 is 1.35 bits per heavy atom. The van der Waals surface area contributed by atoms with Gasteiger partial charge in [0.05, 0.1) is 16.4 Å². The van der Waals surface area contributed by atoms with E-state index in [1.54, 1.807) is 12.7 Å². The van der Waals surface area contributed by atoms with E-state index >= 15 is 0 Å². The molecule has 0 amide bonds. The Bertz CT molecular complexity index is 3540. The van der Waals surface area contributed by atoms with Gasteiger partial charge in [-0.25, -0.2) is 15.0 Å². The Morgan fingerprint density at radius 3 is 2.06 bits per heavy atom. The maximum Gasteiger partial charge on any atom is 0.158 e. The van der Waals surface area contributed by atoms with Crippen molar-refractivity contribution in [2.75, 3.05) is 4.90 Å². The summed E-state index contributed by atoms with van der Waals surface area (Å²) in [5.74, 6) is 1.01. The number of aromatic nitrogens is 4. The van der Waals surface area contributed by atoms with E-state index in [1.807, 2.05) is 0 Å². The van der Waals surface area contributed by atoms with Crippen molar-refractivity contribution in [2.45, 2.75) is 44.4 Å². The third-order valence-corrected chi connectivity index (χ3v) is 14.5. The molecule has 2 heterocycles. The zero-order valence-corrected chi connectivity index (χ0v) is 38.9. The summed E-state index contributed by atoms with van der Waals surface area (Å²) in [5.41, 5.74) is 19.2. The molecule has 2 aromatic heterocycles. The van der Waals surface area contributed by atoms with Gasteiger partial charge in [-0.3, -0.25) is 0 Å². The molecule has 1 unspecified atom stereocenters. The van der Waals surface area contributed by atoms with Crippen LogP contribution in [0.25, 0.3) is 55.3 Å². The number of hydrogen-bond acceptors (Lipinski definition) is 4. The minimum Gasteiger partial charge on any atom is -0.314 e. The Hall–Kier alpha value is -8.41. The van der Waals surface area contributed by atoms with Crippen LogP contribution in [0.2, 0.25) is 0 Å². The van der Waals surface area contributed by atoms with E-state index in [9.17, 15) is 0 Å². The van der Waals surface area contributed by atoms with Gasteiger partial charge < -0.3 is 9.47 Å². The summed E-state index contributed by atoms with van der Waals surface area (Å²) in [6.45, 7) is 4.27. The van der Waals surface area contributed by atoms with Gasteiger partial charge >= 0.3 is 0 Å². The molecule has 3 aliphatic rings. The summed E-state index contributed by atoms with van der Waals surface area (Å²) in [7, 11) is 0. The standard InChI is InChI=1S/C64H51N5/c1-3-4-18-44(2)68-61-28-17-15-26-56(61)58-40-48(39-57(62(58)68)46-19-8-5-9-20-46)45-29-33-51(34-30-45)69(52-35-31-47(32-36-52)63-66-42-65-43-67-63)53-37-38-55-54-25-14-16-27-59(54)64(60(55)41-53,49-21-10-6-11-22-49)50-23-12-7-13-24-50/h3-24,26-31,33-35,37-43,54H,25,32,36H2,1-2H3/b4-3-,44-18+. The lowest BCUT2D eigenvalue weighted by Crippen LogP contribution is -2.30. The highest BCUT2D eigenvalue weighted by Gasteiger charge is 2.50. The summed E-state index contributed by atoms with van der Waals surface area (Å²) >= 11 is 0. The van der Waals surface area contributed by atoms with E-state index in [4.69, 9.17) is 0 Å². The van der Waals surface area contributed by atoms with Gasteiger partial charge in [-0.05, 0) is 138 Å². The molecule has 12 rings (SSSR count). The molecule has 9 aromatic rings. The van der Waals surface area contributed by atoms with Crippen LogP contribution in [0.4, 0.5) is 11.4 Å². The second kappa shape index (κ2) is 17.7. The number of fused-ring (bicyclic) bond motifs is 6. The number of rotatable bonds is 10. The summed E-state index contributed by atoms with van der Waals surface area (Å²) in [6.07, 6.45) is 23.6. The fourth-order valence-corrected chi connectivity index (χ4v) is 11.4. The lowest BCUT2D eigenvalue weighted by atomic mass is 9.66. The first-order valence-corrected chi connectivity index (χ1v) is 24.1. The summed E-state index contributed by atoms with van der Waals surface area (Å²) < 4.78 is 2.43. The lowest BCUT2D eigenvalue weighted by molar-refractivity contribution is 0.693. The molecule has 0 radical (unpaired) electrons. The molecule has 5 nitrogen and oxygen atoms in total. The largest absolute Gasteiger partial charge is 0.314 e. The average Bonchev–Trinajstić information content (AvgIpc) is 3.92. The lowest BCUT2D eigenvalue weighted by Gasteiger charge is -2.36. The molecule has 0 fully saturated rings. The van der Waals surface area contributed by atoms with Gasteiger partial charge in [0.2, 0.25) is 0 Å². The minimum atomic E-state index is -0.454. The van der Waals surface area contributed by atoms with Crippen LogP contribution < -0.4 is 4.90 Å². The van der Waals surface area contributed by atoms with Crippen LogP contribution in [0.5, 0.6) is 0 Å². The first kappa shape index (κ1) is 42.0. The highest BCUT2D eigenvalue weighted by molar-refractivity contribution is 6.16. The van der Waals surface area contributed by atoms with Crippen molar-refractivity contribution in [3.05, 3.63) is 270 Å². The van der Waals surface area contributed by atoms with E-state index in [-0.39, 0.29) is 5.92 Å². The van der Waals surface area contributed by atoms with E-state index in [0.29, 0.717) is 0 Å². The smallest absolute Gasteiger partial charge is 0.158 e. The number of hydrogen-bond donors (Lipinski definition) is 0. The number of benzene rings is 7. The molecule has 0 N–H and O–H groups in total. The van der Waals surface area contributed by atoms with Gasteiger partial charge in [0.25, 0.3) is 0 Å². The van der Waals surface area contributed by atoms with E-state index in [2.05, 4.69) is 257 Å². The Morgan fingerprint density at radius 1 is 0.652 bits per heavy atom. The van der Waals surface area contributed by atoms with Crippen molar-refractivity contribution < 1.29 is 0 Å². The van der Waals surface area contributed by atoms with Crippen molar-refractivity contribution in [3.8, 4) is 22.3 Å². The average molecular weight is 890 g/mol. The molecule has 1 atom stereocenters. The van der Waals surface area contributed by atoms with Crippen molar-refractivity contribution in [3.63, 3.8) is 0 Å². The first-order chi connectivity index (χ1) is 34.1. The molecular weight excluding hydrogens is 839 g/mol. The van der Waals surface area contributed by atoms with E-state index < -0.39 is 5.41 Å². The number of allylic oxidation sites excluding steroid dienone is 12. The fraction of sp³-hybridized carbons (Fsp3) is 0.109. The molecule has 69 heavy (non-hydrogen) atoms. The zero-order valence-electron chi connectivity index (χ0n) is 38.9. The van der Waals surface area contributed by atoms with E-state index in [1.165, 1.54) is 77.7 Å². The van der Waals surface area contributed by atoms with Crippen LogP contribution in [0, 0.1) is 0 Å². The third kappa shape index (κ3) is 7.12. The SMILES string of the molecule is C/C=C\C=C(/C)n1c2ccccc2c2cc(-c3ccc(N(C4=CC=C(c5ncncn5)CC4)c4ccc5c(c4)C(c4ccccc4)(c4ccccc4)C4=CC=CCC45)cc3)cc(-c3ccccc3)c21. The first-order valence-electron chi connectivity index (χ1n) is 24.1. The maximum absolute atomic E-state index is 4.51. The normalized spacial score (nSPS) is 16.3. The van der Waals surface area contributed by atoms with Crippen molar-refractivity contribution in [1.82, 2.24) is 19.5 Å². The zero-order chi connectivity index (χ0) is 46.3. The molecule has 0 saturated carbocycles. The minimum absolute atomic E-state index is 0.284. The second-order valence-electron chi connectivity index (χ2n) is 18.3. The van der Waals surface area contributed by atoms with Gasteiger partial charge in [0, 0.05) is 45.0 Å². The van der Waals surface area contributed by atoms with Crippen LogP contribution >= 0.6 is 0 Å². The Balaban J connectivity index is 1.03. The third-order valence-electron chi connectivity index (χ3n) is 14.5. The highest BCUT2D eigenvalue weighted by atomic mass is 15.1. The summed E-state index contributed by atoms with van der Waals surface area (Å²) in [6, 6.07) is 63.2. The predicted octanol–water partition coefficient (Wildman–Crippen LogP) is 16.0. The van der Waals surface area contributed by atoms with E-state index in [0.717, 1.165) is 47.6 Å². The summed E-state index contributed by atoms with van der Waals surface area (Å²) in [5, 5.41) is 2.47. The van der Waals surface area contributed by atoms with Gasteiger partial charge in [-0.2, -0.15) is 0 Å². The quantitative estimate of drug-likeness (QED) is 0.128. The van der Waals surface area contributed by atoms with Gasteiger partial charge in [-0.15, -0.1) is 0 Å². The maximum atomic E-state index is 4.51. The molecule has 0 bridgehead atoms. The second-order valence-corrected chi connectivity index (χ2v) is 18.3. The van der Waals surface area contributed by atoms with Crippen LogP contribution in [0.1, 0.15) is 67.1 Å². The summed E-state index contributed by atoms with van der Waals surface area (Å²) in [4.78, 5) is 15.6. The van der Waals surface area contributed by atoms with Crippen molar-refractivity contribution >= 4 is 44.5 Å². The predicted molar refractivity (Wildman–Crippen MR) is 286 cm³/mol. The van der Waals surface area contributed by atoms with Crippen LogP contribution in [-0.2, 0) is 5.41 Å². The molecule has 0 aliphatic heterocycles. The van der Waals surface area contributed by atoms with Crippen LogP contribution in [-0.4, -0.2) is 19.5 Å². The molecule has 0 saturated heterocycles. The molecule has 0 spiro atoms. The molecule has 7 aromatic carbocycles. The Labute approximate surface area is 404 Å². The number of anilines is 2. The molecular formula is C64H51N5. The Kier molecular flexibility index (Phi) is 10.8. The van der Waals surface area contributed by atoms with Crippen molar-refractivity contribution in [2.24, 2.45) is 0 Å². The molecule has 3 aliphatic carbocycles. The topological polar surface area (TPSA) is 46.8 Å². The van der Waals surface area contributed by atoms with Gasteiger partial charge in [-0.1, -0.05) is 164 Å². The van der Waals surface area contributed by atoms with Crippen LogP contribution in [0.15, 0.2) is 242 Å².